The zero-order valence-electron chi connectivity index (χ0n) is 17.0. The fraction of sp³-hybridized carbons (Fsp3) is 0.375. The number of ether oxygens (including phenoxy) is 2. The molecule has 2 bridgehead atoms. The lowest BCUT2D eigenvalue weighted by Crippen LogP contribution is -3.00. The molecule has 2 unspecified atom stereocenters. The normalized spacial score (nSPS) is 27.1. The number of fused-ring (bicyclic) bond motifs is 4. The van der Waals surface area contributed by atoms with Crippen LogP contribution in [0.2, 0.25) is 0 Å². The van der Waals surface area contributed by atoms with Gasteiger partial charge in [0.1, 0.15) is 35.1 Å². The highest BCUT2D eigenvalue weighted by Gasteiger charge is 2.50. The average molecular weight is 456 g/mol. The van der Waals surface area contributed by atoms with Gasteiger partial charge in [-0.1, -0.05) is 36.4 Å². The van der Waals surface area contributed by atoms with Gasteiger partial charge in [-0.25, -0.2) is 0 Å². The lowest BCUT2D eigenvalue weighted by atomic mass is 9.74. The van der Waals surface area contributed by atoms with Crippen LogP contribution in [0.3, 0.4) is 0 Å². The minimum atomic E-state index is -0.875. The number of para-hydroxylation sites is 2. The summed E-state index contributed by atoms with van der Waals surface area (Å²) >= 11 is 0. The second-order valence-corrected chi connectivity index (χ2v) is 8.87. The van der Waals surface area contributed by atoms with Crippen molar-refractivity contribution in [1.29, 1.82) is 0 Å². The number of quaternary nitrogens is 1. The number of esters is 1. The number of carbonyl (C=O) groups excluding carboxylic acids is 1. The molecular formula is C24H26BrNO3. The van der Waals surface area contributed by atoms with Crippen LogP contribution in [-0.4, -0.2) is 42.7 Å². The lowest BCUT2D eigenvalue weighted by molar-refractivity contribution is -0.926. The molecule has 0 spiro atoms. The zero-order valence-corrected chi connectivity index (χ0v) is 18.6. The second kappa shape index (κ2) is 6.99. The van der Waals surface area contributed by atoms with Crippen molar-refractivity contribution < 1.29 is 35.7 Å². The molecule has 0 radical (unpaired) electrons. The Morgan fingerprint density at radius 1 is 0.966 bits per heavy atom. The molecule has 5 rings (SSSR count). The van der Waals surface area contributed by atoms with Crippen LogP contribution in [0.5, 0.6) is 11.5 Å². The maximum absolute atomic E-state index is 13.6. The molecule has 152 valence electrons. The summed E-state index contributed by atoms with van der Waals surface area (Å²) in [6.07, 6.45) is 6.28. The van der Waals surface area contributed by atoms with E-state index in [1.54, 1.807) is 0 Å². The third-order valence-electron chi connectivity index (χ3n) is 7.03. The first-order chi connectivity index (χ1) is 13.4. The molecule has 3 aliphatic rings. The molecule has 0 aliphatic carbocycles. The van der Waals surface area contributed by atoms with Crippen molar-refractivity contribution >= 4 is 5.97 Å². The largest absolute Gasteiger partial charge is 1.00 e. The van der Waals surface area contributed by atoms with E-state index in [1.807, 2.05) is 55.5 Å². The van der Waals surface area contributed by atoms with Crippen molar-refractivity contribution in [3.63, 3.8) is 0 Å². The number of halogens is 1. The van der Waals surface area contributed by atoms with Gasteiger partial charge in [0.2, 0.25) is 0 Å². The molecule has 0 saturated carbocycles. The summed E-state index contributed by atoms with van der Waals surface area (Å²) < 4.78 is 13.2. The fourth-order valence-electron chi connectivity index (χ4n) is 5.07. The molecule has 1 saturated heterocycles. The maximum atomic E-state index is 13.6. The van der Waals surface area contributed by atoms with Crippen LogP contribution in [0.1, 0.15) is 30.9 Å². The van der Waals surface area contributed by atoms with Crippen molar-refractivity contribution in [3.05, 3.63) is 71.8 Å². The van der Waals surface area contributed by atoms with Crippen LogP contribution >= 0.6 is 0 Å². The monoisotopic (exact) mass is 455 g/mol. The molecule has 0 N–H and O–H groups in total. The molecule has 2 aromatic rings. The van der Waals surface area contributed by atoms with Gasteiger partial charge in [0, 0.05) is 24.0 Å². The molecular weight excluding hydrogens is 430 g/mol. The summed E-state index contributed by atoms with van der Waals surface area (Å²) in [4.78, 5) is 13.6. The zero-order chi connectivity index (χ0) is 19.5. The number of hydrogen-bond donors (Lipinski definition) is 0. The van der Waals surface area contributed by atoms with Crippen molar-refractivity contribution in [2.24, 2.45) is 0 Å². The molecule has 2 aromatic carbocycles. The summed E-state index contributed by atoms with van der Waals surface area (Å²) in [5.74, 6) is 1.26. The molecule has 29 heavy (non-hydrogen) atoms. The second-order valence-electron chi connectivity index (χ2n) is 8.87. The first-order valence-electron chi connectivity index (χ1n) is 10.0. The molecule has 0 amide bonds. The summed E-state index contributed by atoms with van der Waals surface area (Å²) in [6, 6.07) is 16.4. The Balaban J connectivity index is 0.00000205. The Labute approximate surface area is 182 Å². The van der Waals surface area contributed by atoms with Crippen molar-refractivity contribution in [3.8, 4) is 11.5 Å². The molecule has 4 nitrogen and oxygen atoms in total. The van der Waals surface area contributed by atoms with Gasteiger partial charge in [-0.15, -0.1) is 0 Å². The summed E-state index contributed by atoms with van der Waals surface area (Å²) in [6.45, 7) is 1.96. The van der Waals surface area contributed by atoms with Gasteiger partial charge in [0.25, 0.3) is 0 Å². The highest BCUT2D eigenvalue weighted by atomic mass is 79.9. The van der Waals surface area contributed by atoms with E-state index in [1.165, 1.54) is 0 Å². The molecule has 2 atom stereocenters. The minimum absolute atomic E-state index is 0. The average Bonchev–Trinajstić information content (AvgIpc) is 2.85. The Morgan fingerprint density at radius 3 is 1.97 bits per heavy atom. The van der Waals surface area contributed by atoms with Crippen LogP contribution in [0, 0.1) is 0 Å². The number of likely N-dealkylation sites (N-methyl/N-ethyl adjacent to an activating group) is 1. The van der Waals surface area contributed by atoms with E-state index in [-0.39, 0.29) is 29.1 Å². The third-order valence-corrected chi connectivity index (χ3v) is 7.03. The summed E-state index contributed by atoms with van der Waals surface area (Å²) in [7, 11) is 4.53. The molecule has 3 aliphatic heterocycles. The SMILES string of the molecule is CC1(C(=O)OC2CC3C=CC(C2)[N+]3(C)C)c2ccccc2Oc2ccccc21.[Br-]. The molecule has 5 heteroatoms. The Hall–Kier alpha value is -2.11. The Bertz CT molecular complexity index is 920. The van der Waals surface area contributed by atoms with E-state index in [9.17, 15) is 4.79 Å². The van der Waals surface area contributed by atoms with Crippen LogP contribution in [0.25, 0.3) is 0 Å². The van der Waals surface area contributed by atoms with E-state index in [0.717, 1.165) is 40.0 Å². The fourth-order valence-corrected chi connectivity index (χ4v) is 5.07. The number of carbonyl (C=O) groups is 1. The van der Waals surface area contributed by atoms with E-state index < -0.39 is 5.41 Å². The van der Waals surface area contributed by atoms with E-state index in [2.05, 4.69) is 26.2 Å². The van der Waals surface area contributed by atoms with Gasteiger partial charge in [-0.2, -0.15) is 0 Å². The highest BCUT2D eigenvalue weighted by molar-refractivity contribution is 5.90. The number of nitrogens with zero attached hydrogens (tertiary/aromatic N) is 1. The quantitative estimate of drug-likeness (QED) is 0.387. The number of rotatable bonds is 2. The van der Waals surface area contributed by atoms with Crippen molar-refractivity contribution in [1.82, 2.24) is 0 Å². The topological polar surface area (TPSA) is 35.5 Å². The van der Waals surface area contributed by atoms with Crippen molar-refractivity contribution in [2.45, 2.75) is 43.4 Å². The van der Waals surface area contributed by atoms with Crippen LogP contribution in [0.15, 0.2) is 60.7 Å². The predicted molar refractivity (Wildman–Crippen MR) is 107 cm³/mol. The summed E-state index contributed by atoms with van der Waals surface area (Å²) in [5.41, 5.74) is 0.859. The molecule has 1 fully saturated rings. The lowest BCUT2D eigenvalue weighted by Gasteiger charge is -2.44. The first kappa shape index (κ1) is 20.2. The van der Waals surface area contributed by atoms with Crippen LogP contribution in [-0.2, 0) is 14.9 Å². The van der Waals surface area contributed by atoms with E-state index in [4.69, 9.17) is 9.47 Å². The van der Waals surface area contributed by atoms with Gasteiger partial charge in [-0.3, -0.25) is 4.79 Å². The van der Waals surface area contributed by atoms with E-state index in [0.29, 0.717) is 12.1 Å². The van der Waals surface area contributed by atoms with Gasteiger partial charge < -0.3 is 30.9 Å². The molecule has 0 aromatic heterocycles. The Kier molecular flexibility index (Phi) is 4.87. The Morgan fingerprint density at radius 2 is 1.45 bits per heavy atom. The van der Waals surface area contributed by atoms with Crippen molar-refractivity contribution in [2.75, 3.05) is 14.1 Å². The highest BCUT2D eigenvalue weighted by Crippen LogP contribution is 2.49. The maximum Gasteiger partial charge on any atom is 0.321 e. The van der Waals surface area contributed by atoms with E-state index >= 15 is 0 Å². The standard InChI is InChI=1S/C24H26NO3.BrH/c1-24(23(26)27-18-14-16-12-13-17(15-18)25(16,2)3)19-8-4-6-10-21(19)28-22-11-7-5-9-20(22)24;/h4-13,16-18H,14-15H2,1-3H3;1H/q+1;/p-1. The van der Waals surface area contributed by atoms with Gasteiger partial charge in [-0.05, 0) is 31.2 Å². The van der Waals surface area contributed by atoms with Crippen LogP contribution < -0.4 is 21.7 Å². The summed E-state index contributed by atoms with van der Waals surface area (Å²) in [5, 5.41) is 0. The molecule has 3 heterocycles. The predicted octanol–water partition coefficient (Wildman–Crippen LogP) is 1.19. The first-order valence-corrected chi connectivity index (χ1v) is 10.0. The number of hydrogen-bond acceptors (Lipinski definition) is 3. The number of piperidine rings is 1. The van der Waals surface area contributed by atoms with Gasteiger partial charge in [0.15, 0.2) is 0 Å². The van der Waals surface area contributed by atoms with Crippen LogP contribution in [0.4, 0.5) is 0 Å². The minimum Gasteiger partial charge on any atom is -1.00 e. The number of benzene rings is 2. The van der Waals surface area contributed by atoms with Gasteiger partial charge >= 0.3 is 5.97 Å². The smallest absolute Gasteiger partial charge is 0.321 e. The van der Waals surface area contributed by atoms with Gasteiger partial charge in [0.05, 0.1) is 14.1 Å². The third kappa shape index (κ3) is 2.94.